The third-order valence-electron chi connectivity index (χ3n) is 4.27. The van der Waals surface area contributed by atoms with Crippen LogP contribution in [0.4, 0.5) is 5.69 Å². The first-order chi connectivity index (χ1) is 10.3. The van der Waals surface area contributed by atoms with Gasteiger partial charge in [-0.15, -0.1) is 0 Å². The lowest BCUT2D eigenvalue weighted by Gasteiger charge is -2.40. The minimum absolute atomic E-state index is 0.371. The second-order valence-electron chi connectivity index (χ2n) is 5.67. The molecular formula is C17H23N3S. The summed E-state index contributed by atoms with van der Waals surface area (Å²) in [7, 11) is 0. The molecule has 0 aliphatic carbocycles. The van der Waals surface area contributed by atoms with E-state index in [4.69, 9.17) is 5.73 Å². The van der Waals surface area contributed by atoms with Crippen molar-refractivity contribution in [2.75, 3.05) is 37.6 Å². The molecule has 1 unspecified atom stereocenters. The van der Waals surface area contributed by atoms with Gasteiger partial charge in [-0.3, -0.25) is 4.90 Å². The van der Waals surface area contributed by atoms with Gasteiger partial charge in [0.1, 0.15) is 0 Å². The SMILES string of the molecule is Cc1cccc(N2CCN(C(CN)c3ccsc3)CC2)c1. The lowest BCUT2D eigenvalue weighted by atomic mass is 10.1. The molecule has 112 valence electrons. The van der Waals surface area contributed by atoms with Gasteiger partial charge in [-0.1, -0.05) is 12.1 Å². The fraction of sp³-hybridized carbons (Fsp3) is 0.412. The zero-order chi connectivity index (χ0) is 14.7. The number of benzene rings is 1. The summed E-state index contributed by atoms with van der Waals surface area (Å²) in [6.07, 6.45) is 0. The lowest BCUT2D eigenvalue weighted by Crippen LogP contribution is -2.49. The zero-order valence-corrected chi connectivity index (χ0v) is 13.4. The second kappa shape index (κ2) is 6.60. The first-order valence-corrected chi connectivity index (χ1v) is 8.50. The van der Waals surface area contributed by atoms with Gasteiger partial charge in [0.25, 0.3) is 0 Å². The molecule has 2 aromatic rings. The van der Waals surface area contributed by atoms with E-state index in [2.05, 4.69) is 57.8 Å². The van der Waals surface area contributed by atoms with Crippen LogP contribution in [0.3, 0.4) is 0 Å². The molecule has 0 saturated carbocycles. The maximum absolute atomic E-state index is 6.01. The average Bonchev–Trinajstić information content (AvgIpc) is 3.03. The summed E-state index contributed by atoms with van der Waals surface area (Å²) < 4.78 is 0. The molecule has 1 aliphatic heterocycles. The Balaban J connectivity index is 1.64. The highest BCUT2D eigenvalue weighted by Gasteiger charge is 2.24. The van der Waals surface area contributed by atoms with E-state index in [0.717, 1.165) is 26.2 Å². The number of hydrogen-bond donors (Lipinski definition) is 1. The monoisotopic (exact) mass is 301 g/mol. The summed E-state index contributed by atoms with van der Waals surface area (Å²) >= 11 is 1.75. The number of nitrogens with zero attached hydrogens (tertiary/aromatic N) is 2. The third-order valence-corrected chi connectivity index (χ3v) is 4.97. The predicted octanol–water partition coefficient (Wildman–Crippen LogP) is 2.88. The maximum Gasteiger partial charge on any atom is 0.0480 e. The van der Waals surface area contributed by atoms with Crippen LogP contribution in [0.25, 0.3) is 0 Å². The molecule has 3 rings (SSSR count). The van der Waals surface area contributed by atoms with Gasteiger partial charge < -0.3 is 10.6 Å². The van der Waals surface area contributed by atoms with Crippen LogP contribution in [0, 0.1) is 6.92 Å². The number of piperazine rings is 1. The van der Waals surface area contributed by atoms with Gasteiger partial charge >= 0.3 is 0 Å². The number of thiophene rings is 1. The smallest absolute Gasteiger partial charge is 0.0480 e. The van der Waals surface area contributed by atoms with Crippen molar-refractivity contribution in [3.8, 4) is 0 Å². The second-order valence-corrected chi connectivity index (χ2v) is 6.45. The van der Waals surface area contributed by atoms with E-state index in [-0.39, 0.29) is 0 Å². The van der Waals surface area contributed by atoms with Crippen molar-refractivity contribution in [1.82, 2.24) is 4.90 Å². The molecule has 1 fully saturated rings. The third kappa shape index (κ3) is 3.28. The molecule has 0 radical (unpaired) electrons. The summed E-state index contributed by atoms with van der Waals surface area (Å²) in [5.74, 6) is 0. The predicted molar refractivity (Wildman–Crippen MR) is 91.1 cm³/mol. The lowest BCUT2D eigenvalue weighted by molar-refractivity contribution is 0.190. The Hall–Kier alpha value is -1.36. The van der Waals surface area contributed by atoms with Gasteiger partial charge in [0.15, 0.2) is 0 Å². The highest BCUT2D eigenvalue weighted by molar-refractivity contribution is 7.07. The normalized spacial score (nSPS) is 17.9. The molecular weight excluding hydrogens is 278 g/mol. The first kappa shape index (κ1) is 14.6. The molecule has 3 nitrogen and oxygen atoms in total. The van der Waals surface area contributed by atoms with Crippen LogP contribution in [-0.4, -0.2) is 37.6 Å². The zero-order valence-electron chi connectivity index (χ0n) is 12.5. The van der Waals surface area contributed by atoms with E-state index in [1.165, 1.54) is 16.8 Å². The molecule has 1 aliphatic rings. The van der Waals surface area contributed by atoms with Gasteiger partial charge in [-0.05, 0) is 47.0 Å². The van der Waals surface area contributed by atoms with Crippen LogP contribution in [-0.2, 0) is 0 Å². The number of anilines is 1. The Morgan fingerprint density at radius 2 is 2.00 bits per heavy atom. The highest BCUT2D eigenvalue weighted by atomic mass is 32.1. The van der Waals surface area contributed by atoms with E-state index in [1.54, 1.807) is 11.3 Å². The van der Waals surface area contributed by atoms with Crippen LogP contribution in [0.1, 0.15) is 17.2 Å². The minimum Gasteiger partial charge on any atom is -0.369 e. The van der Waals surface area contributed by atoms with Gasteiger partial charge in [0, 0.05) is 44.5 Å². The number of rotatable bonds is 4. The van der Waals surface area contributed by atoms with Gasteiger partial charge in [-0.2, -0.15) is 11.3 Å². The Kier molecular flexibility index (Phi) is 4.58. The fourth-order valence-corrected chi connectivity index (χ4v) is 3.78. The largest absolute Gasteiger partial charge is 0.369 e. The molecule has 2 heterocycles. The first-order valence-electron chi connectivity index (χ1n) is 7.56. The molecule has 0 bridgehead atoms. The molecule has 1 aromatic carbocycles. The van der Waals surface area contributed by atoms with E-state index in [0.29, 0.717) is 12.6 Å². The molecule has 0 spiro atoms. The number of hydrogen-bond acceptors (Lipinski definition) is 4. The Labute approximate surface area is 131 Å². The van der Waals surface area contributed by atoms with E-state index in [1.807, 2.05) is 0 Å². The summed E-state index contributed by atoms with van der Waals surface area (Å²) in [5, 5.41) is 4.37. The van der Waals surface area contributed by atoms with E-state index in [9.17, 15) is 0 Å². The standard InChI is InChI=1S/C17H23N3S/c1-14-3-2-4-16(11-14)19-6-8-20(9-7-19)17(12-18)15-5-10-21-13-15/h2-5,10-11,13,17H,6-9,12,18H2,1H3. The van der Waals surface area contributed by atoms with Crippen molar-refractivity contribution >= 4 is 17.0 Å². The van der Waals surface area contributed by atoms with Gasteiger partial charge in [-0.25, -0.2) is 0 Å². The molecule has 1 aromatic heterocycles. The van der Waals surface area contributed by atoms with Crippen LogP contribution in [0.5, 0.6) is 0 Å². The fourth-order valence-electron chi connectivity index (χ4n) is 3.08. The van der Waals surface area contributed by atoms with E-state index >= 15 is 0 Å². The summed E-state index contributed by atoms with van der Waals surface area (Å²) in [4.78, 5) is 5.00. The van der Waals surface area contributed by atoms with Crippen molar-refractivity contribution in [2.24, 2.45) is 5.73 Å². The Morgan fingerprint density at radius 3 is 2.62 bits per heavy atom. The van der Waals surface area contributed by atoms with Crippen molar-refractivity contribution < 1.29 is 0 Å². The van der Waals surface area contributed by atoms with Crippen molar-refractivity contribution in [1.29, 1.82) is 0 Å². The summed E-state index contributed by atoms with van der Waals surface area (Å²) in [6, 6.07) is 11.4. The molecule has 2 N–H and O–H groups in total. The van der Waals surface area contributed by atoms with Crippen LogP contribution in [0.2, 0.25) is 0 Å². The Bertz CT molecular complexity index is 559. The van der Waals surface area contributed by atoms with Gasteiger partial charge in [0.05, 0.1) is 0 Å². The molecule has 21 heavy (non-hydrogen) atoms. The van der Waals surface area contributed by atoms with Crippen molar-refractivity contribution in [3.63, 3.8) is 0 Å². The highest BCUT2D eigenvalue weighted by Crippen LogP contribution is 2.25. The van der Waals surface area contributed by atoms with Gasteiger partial charge in [0.2, 0.25) is 0 Å². The summed E-state index contributed by atoms with van der Waals surface area (Å²) in [5.41, 5.74) is 10.0. The number of aryl methyl sites for hydroxylation is 1. The van der Waals surface area contributed by atoms with Crippen LogP contribution < -0.4 is 10.6 Å². The average molecular weight is 301 g/mol. The molecule has 1 saturated heterocycles. The Morgan fingerprint density at radius 1 is 1.19 bits per heavy atom. The molecule has 0 amide bonds. The minimum atomic E-state index is 0.371. The molecule has 1 atom stereocenters. The van der Waals surface area contributed by atoms with Crippen molar-refractivity contribution in [2.45, 2.75) is 13.0 Å². The van der Waals surface area contributed by atoms with E-state index < -0.39 is 0 Å². The van der Waals surface area contributed by atoms with Crippen LogP contribution in [0.15, 0.2) is 41.1 Å². The maximum atomic E-state index is 6.01. The van der Waals surface area contributed by atoms with Crippen LogP contribution >= 0.6 is 11.3 Å². The summed E-state index contributed by atoms with van der Waals surface area (Å²) in [6.45, 7) is 7.15. The topological polar surface area (TPSA) is 32.5 Å². The number of nitrogens with two attached hydrogens (primary N) is 1. The molecule has 4 heteroatoms. The van der Waals surface area contributed by atoms with Crippen molar-refractivity contribution in [3.05, 3.63) is 52.2 Å². The quantitative estimate of drug-likeness (QED) is 0.942.